The molecule has 0 amide bonds. The summed E-state index contributed by atoms with van der Waals surface area (Å²) in [6.07, 6.45) is 4.29. The fourth-order valence-corrected chi connectivity index (χ4v) is 2.48. The van der Waals surface area contributed by atoms with E-state index in [1.807, 2.05) is 6.92 Å². The van der Waals surface area contributed by atoms with Crippen LogP contribution < -0.4 is 5.32 Å². The molecule has 4 nitrogen and oxygen atoms in total. The van der Waals surface area contributed by atoms with Gasteiger partial charge >= 0.3 is 0 Å². The molecule has 1 aromatic rings. The Morgan fingerprint density at radius 2 is 2.17 bits per heavy atom. The molecule has 0 spiro atoms. The SMILES string of the molecule is CCN1CCC(CNc2nc(Cl)ncc2C)CC1. The lowest BCUT2D eigenvalue weighted by Gasteiger charge is -2.31. The monoisotopic (exact) mass is 268 g/mol. The summed E-state index contributed by atoms with van der Waals surface area (Å²) < 4.78 is 0. The van der Waals surface area contributed by atoms with Crippen LogP contribution in [0, 0.1) is 12.8 Å². The molecule has 100 valence electrons. The Balaban J connectivity index is 1.83. The summed E-state index contributed by atoms with van der Waals surface area (Å²) in [5.41, 5.74) is 1.05. The molecule has 0 aromatic carbocycles. The van der Waals surface area contributed by atoms with Gasteiger partial charge in [-0.15, -0.1) is 0 Å². The van der Waals surface area contributed by atoms with Gasteiger partial charge < -0.3 is 10.2 Å². The van der Waals surface area contributed by atoms with Crippen LogP contribution >= 0.6 is 11.6 Å². The van der Waals surface area contributed by atoms with Gasteiger partial charge in [-0.3, -0.25) is 0 Å². The summed E-state index contributed by atoms with van der Waals surface area (Å²) in [5, 5.41) is 3.71. The molecular formula is C13H21ClN4. The van der Waals surface area contributed by atoms with Gasteiger partial charge in [-0.05, 0) is 56.9 Å². The third-order valence-corrected chi connectivity index (χ3v) is 3.84. The Morgan fingerprint density at radius 3 is 2.83 bits per heavy atom. The van der Waals surface area contributed by atoms with E-state index < -0.39 is 0 Å². The standard InChI is InChI=1S/C13H21ClN4/c1-3-18-6-4-11(5-7-18)9-15-12-10(2)8-16-13(14)17-12/h8,11H,3-7,9H2,1-2H3,(H,15,16,17). The zero-order chi connectivity index (χ0) is 13.0. The first-order valence-corrected chi connectivity index (χ1v) is 7.02. The second kappa shape index (κ2) is 6.34. The smallest absolute Gasteiger partial charge is 0.224 e. The van der Waals surface area contributed by atoms with Crippen molar-refractivity contribution in [1.82, 2.24) is 14.9 Å². The zero-order valence-corrected chi connectivity index (χ0v) is 11.9. The summed E-state index contributed by atoms with van der Waals surface area (Å²) in [7, 11) is 0. The van der Waals surface area contributed by atoms with Crippen LogP contribution in [-0.2, 0) is 0 Å². The molecule has 0 bridgehead atoms. The number of nitrogens with zero attached hydrogens (tertiary/aromatic N) is 3. The molecule has 2 rings (SSSR count). The van der Waals surface area contributed by atoms with Crippen LogP contribution in [0.1, 0.15) is 25.3 Å². The number of anilines is 1. The van der Waals surface area contributed by atoms with Gasteiger partial charge in [-0.2, -0.15) is 0 Å². The predicted molar refractivity (Wildman–Crippen MR) is 75.1 cm³/mol. The zero-order valence-electron chi connectivity index (χ0n) is 11.1. The summed E-state index contributed by atoms with van der Waals surface area (Å²) in [6.45, 7) is 8.80. The lowest BCUT2D eigenvalue weighted by atomic mass is 9.97. The van der Waals surface area contributed by atoms with Crippen molar-refractivity contribution >= 4 is 17.4 Å². The van der Waals surface area contributed by atoms with Crippen molar-refractivity contribution in [2.45, 2.75) is 26.7 Å². The maximum absolute atomic E-state index is 5.81. The van der Waals surface area contributed by atoms with Crippen LogP contribution in [-0.4, -0.2) is 41.0 Å². The van der Waals surface area contributed by atoms with Crippen LogP contribution in [0.2, 0.25) is 5.28 Å². The molecule has 5 heteroatoms. The second-order valence-corrected chi connectivity index (χ2v) is 5.27. The molecule has 0 radical (unpaired) electrons. The molecule has 1 aromatic heterocycles. The molecule has 0 atom stereocenters. The topological polar surface area (TPSA) is 41.0 Å². The maximum atomic E-state index is 5.81. The molecule has 0 unspecified atom stereocenters. The van der Waals surface area contributed by atoms with Gasteiger partial charge in [0.1, 0.15) is 5.82 Å². The summed E-state index contributed by atoms with van der Waals surface area (Å²) in [4.78, 5) is 10.7. The third kappa shape index (κ3) is 3.56. The number of likely N-dealkylation sites (tertiary alicyclic amines) is 1. The van der Waals surface area contributed by atoms with Crippen LogP contribution in [0.25, 0.3) is 0 Å². The number of aryl methyl sites for hydroxylation is 1. The van der Waals surface area contributed by atoms with Crippen molar-refractivity contribution in [1.29, 1.82) is 0 Å². The minimum Gasteiger partial charge on any atom is -0.369 e. The van der Waals surface area contributed by atoms with Crippen molar-refractivity contribution in [2.24, 2.45) is 5.92 Å². The lowest BCUT2D eigenvalue weighted by molar-refractivity contribution is 0.198. The number of nitrogens with one attached hydrogen (secondary N) is 1. The lowest BCUT2D eigenvalue weighted by Crippen LogP contribution is -2.35. The Bertz CT molecular complexity index is 389. The molecule has 0 saturated carbocycles. The quantitative estimate of drug-likeness (QED) is 0.853. The average molecular weight is 269 g/mol. The van der Waals surface area contributed by atoms with E-state index in [0.29, 0.717) is 5.28 Å². The molecule has 1 aliphatic rings. The van der Waals surface area contributed by atoms with Gasteiger partial charge in [-0.25, -0.2) is 9.97 Å². The minimum absolute atomic E-state index is 0.309. The Hall–Kier alpha value is -0.870. The fourth-order valence-electron chi connectivity index (χ4n) is 2.35. The van der Waals surface area contributed by atoms with E-state index in [1.165, 1.54) is 32.5 Å². The molecule has 0 aliphatic carbocycles. The van der Waals surface area contributed by atoms with E-state index in [2.05, 4.69) is 27.1 Å². The van der Waals surface area contributed by atoms with E-state index in [4.69, 9.17) is 11.6 Å². The highest BCUT2D eigenvalue weighted by Crippen LogP contribution is 2.19. The van der Waals surface area contributed by atoms with Crippen molar-refractivity contribution < 1.29 is 0 Å². The Morgan fingerprint density at radius 1 is 1.44 bits per heavy atom. The number of halogens is 1. The van der Waals surface area contributed by atoms with E-state index in [9.17, 15) is 0 Å². The number of aromatic nitrogens is 2. The molecule has 1 aliphatic heterocycles. The van der Waals surface area contributed by atoms with E-state index in [0.717, 1.165) is 23.8 Å². The summed E-state index contributed by atoms with van der Waals surface area (Å²) in [5.74, 6) is 1.61. The number of rotatable bonds is 4. The summed E-state index contributed by atoms with van der Waals surface area (Å²) >= 11 is 5.81. The van der Waals surface area contributed by atoms with Crippen LogP contribution in [0.5, 0.6) is 0 Å². The Kier molecular flexibility index (Phi) is 4.78. The first kappa shape index (κ1) is 13.6. The predicted octanol–water partition coefficient (Wildman–Crippen LogP) is 2.58. The van der Waals surface area contributed by atoms with Gasteiger partial charge in [-0.1, -0.05) is 6.92 Å². The van der Waals surface area contributed by atoms with Crippen molar-refractivity contribution in [3.63, 3.8) is 0 Å². The highest BCUT2D eigenvalue weighted by atomic mass is 35.5. The normalized spacial score (nSPS) is 17.9. The van der Waals surface area contributed by atoms with Gasteiger partial charge in [0.25, 0.3) is 0 Å². The van der Waals surface area contributed by atoms with Gasteiger partial charge in [0.05, 0.1) is 0 Å². The third-order valence-electron chi connectivity index (χ3n) is 3.65. The maximum Gasteiger partial charge on any atom is 0.224 e. The van der Waals surface area contributed by atoms with Gasteiger partial charge in [0, 0.05) is 18.3 Å². The highest BCUT2D eigenvalue weighted by Gasteiger charge is 2.18. The van der Waals surface area contributed by atoms with Crippen molar-refractivity contribution in [3.05, 3.63) is 17.0 Å². The van der Waals surface area contributed by atoms with Crippen LogP contribution in [0.15, 0.2) is 6.20 Å². The minimum atomic E-state index is 0.309. The highest BCUT2D eigenvalue weighted by molar-refractivity contribution is 6.28. The average Bonchev–Trinajstić information content (AvgIpc) is 2.40. The van der Waals surface area contributed by atoms with E-state index >= 15 is 0 Å². The molecule has 1 fully saturated rings. The van der Waals surface area contributed by atoms with Crippen LogP contribution in [0.3, 0.4) is 0 Å². The fraction of sp³-hybridized carbons (Fsp3) is 0.692. The van der Waals surface area contributed by atoms with Crippen molar-refractivity contribution in [3.8, 4) is 0 Å². The number of hydrogen-bond acceptors (Lipinski definition) is 4. The molecular weight excluding hydrogens is 248 g/mol. The number of piperidine rings is 1. The van der Waals surface area contributed by atoms with Crippen LogP contribution in [0.4, 0.5) is 5.82 Å². The first-order chi connectivity index (χ1) is 8.69. The first-order valence-electron chi connectivity index (χ1n) is 6.64. The molecule has 2 heterocycles. The van der Waals surface area contributed by atoms with E-state index in [1.54, 1.807) is 6.20 Å². The molecule has 1 N–H and O–H groups in total. The van der Waals surface area contributed by atoms with Crippen molar-refractivity contribution in [2.75, 3.05) is 31.5 Å². The van der Waals surface area contributed by atoms with Gasteiger partial charge in [0.2, 0.25) is 5.28 Å². The number of hydrogen-bond donors (Lipinski definition) is 1. The molecule has 18 heavy (non-hydrogen) atoms. The summed E-state index contributed by atoms with van der Waals surface area (Å²) in [6, 6.07) is 0. The largest absolute Gasteiger partial charge is 0.369 e. The van der Waals surface area contributed by atoms with Gasteiger partial charge in [0.15, 0.2) is 0 Å². The van der Waals surface area contributed by atoms with E-state index in [-0.39, 0.29) is 0 Å². The molecule has 1 saturated heterocycles. The second-order valence-electron chi connectivity index (χ2n) is 4.93. The Labute approximate surface area is 114 Å².